The summed E-state index contributed by atoms with van der Waals surface area (Å²) in [6.45, 7) is 4.51. The van der Waals surface area contributed by atoms with E-state index in [2.05, 4.69) is 31.9 Å². The van der Waals surface area contributed by atoms with E-state index >= 15 is 0 Å². The van der Waals surface area contributed by atoms with Crippen LogP contribution < -0.4 is 10.1 Å². The number of anilines is 1. The van der Waals surface area contributed by atoms with Crippen molar-refractivity contribution in [1.82, 2.24) is 24.5 Å². The number of hydrogen-bond donors (Lipinski definition) is 1. The molecule has 0 saturated heterocycles. The maximum Gasteiger partial charge on any atom is 0.411 e. The number of carbonyl (C=O) groups is 1. The Morgan fingerprint density at radius 2 is 2.03 bits per heavy atom. The van der Waals surface area contributed by atoms with Crippen LogP contribution in [0.25, 0.3) is 22.6 Å². The number of rotatable bonds is 6. The average molecular weight is 479 g/mol. The number of aromatic nitrogens is 5. The Morgan fingerprint density at radius 3 is 2.74 bits per heavy atom. The Morgan fingerprint density at radius 1 is 1.21 bits per heavy atom. The molecule has 0 bridgehead atoms. The van der Waals surface area contributed by atoms with Crippen molar-refractivity contribution >= 4 is 34.5 Å². The average Bonchev–Trinajstić information content (AvgIpc) is 3.42. The second kappa shape index (κ2) is 8.57. The molecule has 3 heterocycles. The molecule has 0 aliphatic heterocycles. The van der Waals surface area contributed by atoms with E-state index in [1.54, 1.807) is 24.4 Å². The molecule has 34 heavy (non-hydrogen) atoms. The lowest BCUT2D eigenvalue weighted by Gasteiger charge is -2.12. The van der Waals surface area contributed by atoms with Gasteiger partial charge in [-0.3, -0.25) is 10.3 Å². The van der Waals surface area contributed by atoms with Gasteiger partial charge in [0.05, 0.1) is 24.4 Å². The molecule has 1 fully saturated rings. The summed E-state index contributed by atoms with van der Waals surface area (Å²) in [6.07, 6.45) is 4.63. The first-order valence-electron chi connectivity index (χ1n) is 10.8. The van der Waals surface area contributed by atoms with Gasteiger partial charge >= 0.3 is 6.09 Å². The van der Waals surface area contributed by atoms with Gasteiger partial charge in [-0.05, 0) is 62.6 Å². The van der Waals surface area contributed by atoms with Crippen LogP contribution in [0.2, 0.25) is 5.02 Å². The fourth-order valence-corrected chi connectivity index (χ4v) is 3.91. The number of amides is 1. The number of benzene rings is 1. The van der Waals surface area contributed by atoms with Crippen LogP contribution >= 0.6 is 11.6 Å². The number of aryl methyl sites for hydroxylation is 1. The Bertz CT molecular complexity index is 1400. The Hall–Kier alpha value is -3.72. The molecular weight excluding hydrogens is 456 g/mol. The van der Waals surface area contributed by atoms with Gasteiger partial charge < -0.3 is 14.0 Å². The maximum absolute atomic E-state index is 11.6. The number of halogens is 1. The third-order valence-electron chi connectivity index (χ3n) is 5.73. The summed E-state index contributed by atoms with van der Waals surface area (Å²) in [5, 5.41) is 3.02. The van der Waals surface area contributed by atoms with Crippen LogP contribution in [0.1, 0.15) is 31.0 Å². The van der Waals surface area contributed by atoms with Crippen LogP contribution in [-0.2, 0) is 11.3 Å². The lowest BCUT2D eigenvalue weighted by Crippen LogP contribution is -2.13. The van der Waals surface area contributed by atoms with Gasteiger partial charge in [0.1, 0.15) is 17.8 Å². The van der Waals surface area contributed by atoms with Crippen LogP contribution in [0.4, 0.5) is 10.5 Å². The largest absolute Gasteiger partial charge is 0.470 e. The topological polar surface area (TPSA) is 104 Å². The standard InChI is InChI=1S/C24H23ClN6O3/c1-14-6-9-26-16(10-14)12-31-20(17-5-4-15(11-18(17)25)29-23(32)33-3)30-19-21(31)27-13-28-22(19)34-24(2)7-8-24/h4-6,9-11,13H,7-8,12H2,1-3H3,(H,29,32). The molecule has 1 N–H and O–H groups in total. The van der Waals surface area contributed by atoms with Crippen LogP contribution in [0.5, 0.6) is 5.88 Å². The molecule has 1 aliphatic rings. The predicted molar refractivity (Wildman–Crippen MR) is 128 cm³/mol. The van der Waals surface area contributed by atoms with Gasteiger partial charge in [-0.2, -0.15) is 4.98 Å². The SMILES string of the molecule is COC(=O)Nc1ccc(-c2nc3c(OC4(C)CC4)ncnc3n2Cc2cc(C)ccn2)c(Cl)c1. The summed E-state index contributed by atoms with van der Waals surface area (Å²) in [5.74, 6) is 1.04. The molecule has 1 saturated carbocycles. The molecule has 1 amide bonds. The van der Waals surface area contributed by atoms with E-state index in [0.717, 1.165) is 24.1 Å². The minimum atomic E-state index is -0.577. The van der Waals surface area contributed by atoms with Crippen LogP contribution in [0.15, 0.2) is 42.9 Å². The quantitative estimate of drug-likeness (QED) is 0.415. The predicted octanol–water partition coefficient (Wildman–Crippen LogP) is 5.01. The van der Waals surface area contributed by atoms with Crippen LogP contribution in [0, 0.1) is 6.92 Å². The van der Waals surface area contributed by atoms with Crippen molar-refractivity contribution < 1.29 is 14.3 Å². The number of nitrogens with zero attached hydrogens (tertiary/aromatic N) is 5. The fourth-order valence-electron chi connectivity index (χ4n) is 3.65. The van der Waals surface area contributed by atoms with E-state index in [9.17, 15) is 4.79 Å². The van der Waals surface area contributed by atoms with Crippen molar-refractivity contribution in [2.24, 2.45) is 0 Å². The molecule has 10 heteroatoms. The van der Waals surface area contributed by atoms with Gasteiger partial charge in [0.2, 0.25) is 5.88 Å². The molecule has 4 aromatic rings. The fraction of sp³-hybridized carbons (Fsp3) is 0.292. The van der Waals surface area contributed by atoms with Gasteiger partial charge in [0.25, 0.3) is 0 Å². The van der Waals surface area contributed by atoms with Crippen molar-refractivity contribution in [3.63, 3.8) is 0 Å². The monoisotopic (exact) mass is 478 g/mol. The molecular formula is C24H23ClN6O3. The first-order chi connectivity index (χ1) is 16.3. The summed E-state index contributed by atoms with van der Waals surface area (Å²) in [7, 11) is 1.30. The summed E-state index contributed by atoms with van der Waals surface area (Å²) in [6, 6.07) is 9.15. The Kier molecular flexibility index (Phi) is 5.57. The summed E-state index contributed by atoms with van der Waals surface area (Å²) in [5.41, 5.74) is 4.11. The number of pyridine rings is 1. The molecule has 9 nitrogen and oxygen atoms in total. The molecule has 174 valence electrons. The van der Waals surface area contributed by atoms with E-state index in [4.69, 9.17) is 21.3 Å². The van der Waals surface area contributed by atoms with Crippen molar-refractivity contribution in [1.29, 1.82) is 0 Å². The van der Waals surface area contributed by atoms with Crippen LogP contribution in [0.3, 0.4) is 0 Å². The van der Waals surface area contributed by atoms with Gasteiger partial charge in [0, 0.05) is 17.4 Å². The van der Waals surface area contributed by atoms with Gasteiger partial charge in [-0.1, -0.05) is 11.6 Å². The smallest absolute Gasteiger partial charge is 0.411 e. The number of ether oxygens (including phenoxy) is 2. The zero-order valence-corrected chi connectivity index (χ0v) is 19.8. The minimum Gasteiger partial charge on any atom is -0.470 e. The van der Waals surface area contributed by atoms with Gasteiger partial charge in [0.15, 0.2) is 11.2 Å². The first kappa shape index (κ1) is 22.1. The highest BCUT2D eigenvalue weighted by atomic mass is 35.5. The number of hydrogen-bond acceptors (Lipinski definition) is 7. The van der Waals surface area contributed by atoms with Crippen molar-refractivity contribution in [2.75, 3.05) is 12.4 Å². The summed E-state index contributed by atoms with van der Waals surface area (Å²) < 4.78 is 12.8. The van der Waals surface area contributed by atoms with Crippen molar-refractivity contribution in [3.8, 4) is 17.3 Å². The van der Waals surface area contributed by atoms with E-state index in [0.29, 0.717) is 45.7 Å². The van der Waals surface area contributed by atoms with Gasteiger partial charge in [-0.25, -0.2) is 14.8 Å². The molecule has 3 aromatic heterocycles. The first-order valence-corrected chi connectivity index (χ1v) is 11.2. The molecule has 1 aliphatic carbocycles. The van der Waals surface area contributed by atoms with Crippen molar-refractivity contribution in [2.45, 2.75) is 38.8 Å². The number of fused-ring (bicyclic) bond motifs is 1. The van der Waals surface area contributed by atoms with E-state index in [1.165, 1.54) is 13.4 Å². The maximum atomic E-state index is 11.6. The number of methoxy groups -OCH3 is 1. The normalized spacial score (nSPS) is 14.1. The molecule has 0 atom stereocenters. The third-order valence-corrected chi connectivity index (χ3v) is 6.04. The van der Waals surface area contributed by atoms with E-state index in [1.807, 2.05) is 23.6 Å². The lowest BCUT2D eigenvalue weighted by molar-refractivity contribution is 0.187. The lowest BCUT2D eigenvalue weighted by atomic mass is 10.2. The van der Waals surface area contributed by atoms with Crippen molar-refractivity contribution in [3.05, 3.63) is 59.1 Å². The molecule has 1 aromatic carbocycles. The number of nitrogens with one attached hydrogen (secondary N) is 1. The van der Waals surface area contributed by atoms with Gasteiger partial charge in [-0.15, -0.1) is 0 Å². The van der Waals surface area contributed by atoms with Crippen LogP contribution in [-0.4, -0.2) is 43.3 Å². The molecule has 5 rings (SSSR count). The number of carbonyl (C=O) groups excluding carboxylic acids is 1. The van der Waals surface area contributed by atoms with E-state index in [-0.39, 0.29) is 5.60 Å². The summed E-state index contributed by atoms with van der Waals surface area (Å²) >= 11 is 6.65. The zero-order chi connectivity index (χ0) is 23.9. The number of imidazole rings is 1. The molecule has 0 spiro atoms. The Labute approximate surface area is 201 Å². The van der Waals surface area contributed by atoms with E-state index < -0.39 is 6.09 Å². The third kappa shape index (κ3) is 4.38. The minimum absolute atomic E-state index is 0.220. The second-order valence-corrected chi connectivity index (χ2v) is 8.97. The highest BCUT2D eigenvalue weighted by molar-refractivity contribution is 6.33. The second-order valence-electron chi connectivity index (χ2n) is 8.56. The highest BCUT2D eigenvalue weighted by Gasteiger charge is 2.41. The molecule has 0 unspecified atom stereocenters. The zero-order valence-electron chi connectivity index (χ0n) is 19.0. The summed E-state index contributed by atoms with van der Waals surface area (Å²) in [4.78, 5) is 29.8. The Balaban J connectivity index is 1.63. The highest BCUT2D eigenvalue weighted by Crippen LogP contribution is 2.41. The molecule has 0 radical (unpaired) electrons.